The molecular weight excluding hydrogens is 256 g/mol. The Balaban J connectivity index is 1.71. The van der Waals surface area contributed by atoms with Crippen LogP contribution in [-0.2, 0) is 9.53 Å². The SMILES string of the molecule is CN1CCN(C)C(CNCC2CC(F)(F)C(=O)O2)C1. The van der Waals surface area contributed by atoms with E-state index in [9.17, 15) is 13.6 Å². The summed E-state index contributed by atoms with van der Waals surface area (Å²) in [5.74, 6) is -4.71. The van der Waals surface area contributed by atoms with Gasteiger partial charge in [0.25, 0.3) is 0 Å². The summed E-state index contributed by atoms with van der Waals surface area (Å²) < 4.78 is 30.6. The first-order chi connectivity index (χ1) is 8.88. The van der Waals surface area contributed by atoms with Crippen molar-refractivity contribution in [2.45, 2.75) is 24.5 Å². The van der Waals surface area contributed by atoms with Crippen molar-refractivity contribution in [1.82, 2.24) is 15.1 Å². The highest BCUT2D eigenvalue weighted by Crippen LogP contribution is 2.30. The third-order valence-electron chi connectivity index (χ3n) is 3.79. The zero-order valence-corrected chi connectivity index (χ0v) is 11.4. The molecule has 0 amide bonds. The molecule has 110 valence electrons. The summed E-state index contributed by atoms with van der Waals surface area (Å²) in [7, 11) is 4.13. The minimum Gasteiger partial charge on any atom is -0.456 e. The van der Waals surface area contributed by atoms with E-state index in [1.54, 1.807) is 0 Å². The number of rotatable bonds is 4. The first kappa shape index (κ1) is 14.6. The van der Waals surface area contributed by atoms with Crippen LogP contribution in [0.4, 0.5) is 8.78 Å². The maximum absolute atomic E-state index is 13.0. The Morgan fingerprint density at radius 1 is 1.37 bits per heavy atom. The molecule has 0 aromatic carbocycles. The molecule has 0 aromatic rings. The number of nitrogens with one attached hydrogen (secondary N) is 1. The van der Waals surface area contributed by atoms with Gasteiger partial charge in [-0.3, -0.25) is 4.90 Å². The number of ether oxygens (including phenoxy) is 1. The van der Waals surface area contributed by atoms with E-state index < -0.39 is 24.4 Å². The summed E-state index contributed by atoms with van der Waals surface area (Å²) in [5, 5.41) is 3.13. The molecule has 0 bridgehead atoms. The van der Waals surface area contributed by atoms with Crippen molar-refractivity contribution in [3.63, 3.8) is 0 Å². The predicted octanol–water partition coefficient (Wildman–Crippen LogP) is -0.227. The van der Waals surface area contributed by atoms with Gasteiger partial charge >= 0.3 is 11.9 Å². The molecule has 2 atom stereocenters. The first-order valence-corrected chi connectivity index (χ1v) is 6.57. The molecule has 1 N–H and O–H groups in total. The lowest BCUT2D eigenvalue weighted by atomic mass is 10.1. The Hall–Kier alpha value is -0.790. The molecule has 2 aliphatic heterocycles. The average Bonchev–Trinajstić information content (AvgIpc) is 2.57. The van der Waals surface area contributed by atoms with E-state index in [4.69, 9.17) is 0 Å². The van der Waals surface area contributed by atoms with Crippen LogP contribution in [0.5, 0.6) is 0 Å². The van der Waals surface area contributed by atoms with Gasteiger partial charge in [-0.15, -0.1) is 0 Å². The molecule has 0 aromatic heterocycles. The molecule has 5 nitrogen and oxygen atoms in total. The lowest BCUT2D eigenvalue weighted by Crippen LogP contribution is -2.54. The molecule has 0 radical (unpaired) electrons. The number of nitrogens with zero attached hydrogens (tertiary/aromatic N) is 2. The van der Waals surface area contributed by atoms with E-state index in [1.807, 2.05) is 0 Å². The molecule has 2 heterocycles. The number of carbonyl (C=O) groups is 1. The second kappa shape index (κ2) is 5.68. The van der Waals surface area contributed by atoms with Gasteiger partial charge in [0.15, 0.2) is 0 Å². The highest BCUT2D eigenvalue weighted by molar-refractivity contribution is 5.79. The third kappa shape index (κ3) is 3.61. The van der Waals surface area contributed by atoms with Gasteiger partial charge < -0.3 is 15.0 Å². The van der Waals surface area contributed by atoms with Crippen molar-refractivity contribution < 1.29 is 18.3 Å². The fraction of sp³-hybridized carbons (Fsp3) is 0.917. The predicted molar refractivity (Wildman–Crippen MR) is 66.2 cm³/mol. The Morgan fingerprint density at radius 3 is 2.74 bits per heavy atom. The Kier molecular flexibility index (Phi) is 4.37. The Bertz CT molecular complexity index is 341. The normalized spacial score (nSPS) is 32.5. The van der Waals surface area contributed by atoms with Crippen LogP contribution in [0.25, 0.3) is 0 Å². The lowest BCUT2D eigenvalue weighted by Gasteiger charge is -2.37. The summed E-state index contributed by atoms with van der Waals surface area (Å²) in [4.78, 5) is 15.3. The minimum absolute atomic E-state index is 0.287. The van der Waals surface area contributed by atoms with Gasteiger partial charge in [0.05, 0.1) is 6.42 Å². The van der Waals surface area contributed by atoms with Crippen LogP contribution in [0.15, 0.2) is 0 Å². The standard InChI is InChI=1S/C12H21F2N3O2/c1-16-3-4-17(2)9(8-16)6-15-7-10-5-12(13,14)11(18)19-10/h9-10,15H,3-8H2,1-2H3. The molecular formula is C12H21F2N3O2. The molecule has 0 saturated carbocycles. The monoisotopic (exact) mass is 277 g/mol. The summed E-state index contributed by atoms with van der Waals surface area (Å²) in [6.45, 7) is 3.98. The summed E-state index contributed by atoms with van der Waals surface area (Å²) in [6, 6.07) is 0.358. The number of likely N-dealkylation sites (N-methyl/N-ethyl adjacent to an activating group) is 2. The molecule has 2 aliphatic rings. The Morgan fingerprint density at radius 2 is 2.11 bits per heavy atom. The number of esters is 1. The van der Waals surface area contributed by atoms with Crippen molar-refractivity contribution in [2.24, 2.45) is 0 Å². The second-order valence-corrected chi connectivity index (χ2v) is 5.49. The maximum Gasteiger partial charge on any atom is 0.377 e. The number of cyclic esters (lactones) is 1. The van der Waals surface area contributed by atoms with Gasteiger partial charge in [-0.1, -0.05) is 0 Å². The van der Waals surface area contributed by atoms with Gasteiger partial charge in [0.1, 0.15) is 6.10 Å². The third-order valence-corrected chi connectivity index (χ3v) is 3.79. The average molecular weight is 277 g/mol. The van der Waals surface area contributed by atoms with Gasteiger partial charge in [0, 0.05) is 38.8 Å². The number of hydrogen-bond donors (Lipinski definition) is 1. The van der Waals surface area contributed by atoms with Crippen LogP contribution in [0.1, 0.15) is 6.42 Å². The van der Waals surface area contributed by atoms with Crippen LogP contribution >= 0.6 is 0 Å². The van der Waals surface area contributed by atoms with E-state index in [0.717, 1.165) is 19.6 Å². The molecule has 2 fully saturated rings. The number of alkyl halides is 2. The lowest BCUT2D eigenvalue weighted by molar-refractivity contribution is -0.159. The van der Waals surface area contributed by atoms with E-state index in [0.29, 0.717) is 12.6 Å². The zero-order valence-electron chi connectivity index (χ0n) is 11.4. The molecule has 0 spiro atoms. The van der Waals surface area contributed by atoms with Crippen molar-refractivity contribution in [3.8, 4) is 0 Å². The second-order valence-electron chi connectivity index (χ2n) is 5.49. The number of piperazine rings is 1. The van der Waals surface area contributed by atoms with E-state index >= 15 is 0 Å². The highest BCUT2D eigenvalue weighted by Gasteiger charge is 2.50. The largest absolute Gasteiger partial charge is 0.456 e. The van der Waals surface area contributed by atoms with Crippen LogP contribution in [-0.4, -0.2) is 80.7 Å². The van der Waals surface area contributed by atoms with Gasteiger partial charge in [-0.25, -0.2) is 4.79 Å². The fourth-order valence-corrected chi connectivity index (χ4v) is 2.50. The maximum atomic E-state index is 13.0. The molecule has 7 heteroatoms. The number of hydrogen-bond acceptors (Lipinski definition) is 5. The molecule has 2 unspecified atom stereocenters. The zero-order chi connectivity index (χ0) is 14.0. The molecule has 2 rings (SSSR count). The molecule has 19 heavy (non-hydrogen) atoms. The highest BCUT2D eigenvalue weighted by atomic mass is 19.3. The number of halogens is 2. The van der Waals surface area contributed by atoms with E-state index in [2.05, 4.69) is 33.9 Å². The van der Waals surface area contributed by atoms with Crippen LogP contribution < -0.4 is 5.32 Å². The van der Waals surface area contributed by atoms with E-state index in [-0.39, 0.29) is 6.54 Å². The van der Waals surface area contributed by atoms with Gasteiger partial charge in [-0.05, 0) is 14.1 Å². The smallest absolute Gasteiger partial charge is 0.377 e. The van der Waals surface area contributed by atoms with Gasteiger partial charge in [-0.2, -0.15) is 8.78 Å². The van der Waals surface area contributed by atoms with Crippen molar-refractivity contribution in [3.05, 3.63) is 0 Å². The van der Waals surface area contributed by atoms with Crippen LogP contribution in [0.2, 0.25) is 0 Å². The first-order valence-electron chi connectivity index (χ1n) is 6.57. The Labute approximate surface area is 111 Å². The topological polar surface area (TPSA) is 44.8 Å². The molecule has 0 aliphatic carbocycles. The minimum atomic E-state index is -3.31. The van der Waals surface area contributed by atoms with E-state index in [1.165, 1.54) is 0 Å². The number of carbonyl (C=O) groups excluding carboxylic acids is 1. The van der Waals surface area contributed by atoms with Crippen molar-refractivity contribution in [2.75, 3.05) is 46.8 Å². The van der Waals surface area contributed by atoms with Crippen molar-refractivity contribution >= 4 is 5.97 Å². The van der Waals surface area contributed by atoms with Crippen molar-refractivity contribution in [1.29, 1.82) is 0 Å². The fourth-order valence-electron chi connectivity index (χ4n) is 2.50. The van der Waals surface area contributed by atoms with Crippen LogP contribution in [0, 0.1) is 0 Å². The molecule has 2 saturated heterocycles. The quantitative estimate of drug-likeness (QED) is 0.719. The summed E-state index contributed by atoms with van der Waals surface area (Å²) >= 11 is 0. The summed E-state index contributed by atoms with van der Waals surface area (Å²) in [6.07, 6.45) is -1.23. The van der Waals surface area contributed by atoms with Crippen LogP contribution in [0.3, 0.4) is 0 Å². The summed E-state index contributed by atoms with van der Waals surface area (Å²) in [5.41, 5.74) is 0. The van der Waals surface area contributed by atoms with Gasteiger partial charge in [0.2, 0.25) is 0 Å².